The average molecular weight is 305 g/mol. The maximum absolute atomic E-state index is 12.5. The van der Waals surface area contributed by atoms with Crippen LogP contribution in [0.5, 0.6) is 0 Å². The van der Waals surface area contributed by atoms with E-state index in [1.807, 2.05) is 29.2 Å². The zero-order chi connectivity index (χ0) is 16.0. The summed E-state index contributed by atoms with van der Waals surface area (Å²) in [4.78, 5) is 22.5. The molecule has 1 aliphatic heterocycles. The third kappa shape index (κ3) is 2.40. The smallest absolute Gasteiger partial charge is 0.227 e. The molecule has 3 aromatic rings. The van der Waals surface area contributed by atoms with Gasteiger partial charge in [-0.05, 0) is 43.2 Å². The lowest BCUT2D eigenvalue weighted by Crippen LogP contribution is -2.25. The van der Waals surface area contributed by atoms with Crippen molar-refractivity contribution >= 4 is 22.6 Å². The highest BCUT2D eigenvalue weighted by Gasteiger charge is 2.34. The van der Waals surface area contributed by atoms with Crippen LogP contribution in [-0.4, -0.2) is 22.4 Å². The van der Waals surface area contributed by atoms with Gasteiger partial charge in [0.2, 0.25) is 5.91 Å². The predicted octanol–water partition coefficient (Wildman–Crippen LogP) is 3.70. The third-order valence-electron chi connectivity index (χ3n) is 4.57. The molecule has 4 nitrogen and oxygen atoms in total. The van der Waals surface area contributed by atoms with Gasteiger partial charge in [0.25, 0.3) is 0 Å². The standard InChI is InChI=1S/C19H19N3O/c1-12-7-8-13(2)17(9-12)22-11-14(10-18(22)23)19-20-15-5-3-4-6-16(15)21-19/h3-9,14H,10-11H2,1-2H3,(H,20,21). The molecule has 0 aliphatic carbocycles. The van der Waals surface area contributed by atoms with Crippen LogP contribution in [0.4, 0.5) is 5.69 Å². The zero-order valence-corrected chi connectivity index (χ0v) is 13.3. The molecule has 0 radical (unpaired) electrons. The van der Waals surface area contributed by atoms with Crippen molar-refractivity contribution in [3.8, 4) is 0 Å². The molecule has 1 atom stereocenters. The van der Waals surface area contributed by atoms with Gasteiger partial charge < -0.3 is 9.88 Å². The monoisotopic (exact) mass is 305 g/mol. The fraction of sp³-hybridized carbons (Fsp3) is 0.263. The number of amides is 1. The molecule has 0 spiro atoms. The largest absolute Gasteiger partial charge is 0.342 e. The molecule has 1 aliphatic rings. The lowest BCUT2D eigenvalue weighted by molar-refractivity contribution is -0.117. The van der Waals surface area contributed by atoms with Crippen molar-refractivity contribution < 1.29 is 4.79 Å². The first kappa shape index (κ1) is 14.0. The summed E-state index contributed by atoms with van der Waals surface area (Å²) in [5, 5.41) is 0. The Balaban J connectivity index is 1.66. The average Bonchev–Trinajstić information content (AvgIpc) is 3.13. The summed E-state index contributed by atoms with van der Waals surface area (Å²) >= 11 is 0. The van der Waals surface area contributed by atoms with Crippen molar-refractivity contribution in [1.29, 1.82) is 0 Å². The summed E-state index contributed by atoms with van der Waals surface area (Å²) in [6, 6.07) is 14.2. The second-order valence-corrected chi connectivity index (χ2v) is 6.33. The molecular weight excluding hydrogens is 286 g/mol. The number of imidazole rings is 1. The van der Waals surface area contributed by atoms with E-state index in [4.69, 9.17) is 0 Å². The van der Waals surface area contributed by atoms with E-state index in [0.29, 0.717) is 13.0 Å². The highest BCUT2D eigenvalue weighted by Crippen LogP contribution is 2.33. The van der Waals surface area contributed by atoms with E-state index in [-0.39, 0.29) is 11.8 Å². The van der Waals surface area contributed by atoms with E-state index in [2.05, 4.69) is 42.0 Å². The number of carbonyl (C=O) groups is 1. The van der Waals surface area contributed by atoms with Crippen LogP contribution in [0.15, 0.2) is 42.5 Å². The topological polar surface area (TPSA) is 49.0 Å². The lowest BCUT2D eigenvalue weighted by Gasteiger charge is -2.19. The van der Waals surface area contributed by atoms with Gasteiger partial charge in [-0.1, -0.05) is 24.3 Å². The van der Waals surface area contributed by atoms with E-state index < -0.39 is 0 Å². The van der Waals surface area contributed by atoms with Gasteiger partial charge in [-0.15, -0.1) is 0 Å². The number of benzene rings is 2. The normalized spacial score (nSPS) is 18.1. The number of hydrogen-bond donors (Lipinski definition) is 1. The van der Waals surface area contributed by atoms with Crippen molar-refractivity contribution in [3.05, 3.63) is 59.4 Å². The fourth-order valence-corrected chi connectivity index (χ4v) is 3.30. The SMILES string of the molecule is Cc1ccc(C)c(N2CC(c3nc4ccccc4[nH]3)CC2=O)c1. The number of nitrogens with one attached hydrogen (secondary N) is 1. The van der Waals surface area contributed by atoms with Gasteiger partial charge in [0.05, 0.1) is 11.0 Å². The van der Waals surface area contributed by atoms with Gasteiger partial charge in [-0.3, -0.25) is 4.79 Å². The highest BCUT2D eigenvalue weighted by atomic mass is 16.2. The number of hydrogen-bond acceptors (Lipinski definition) is 2. The van der Waals surface area contributed by atoms with Crippen LogP contribution >= 0.6 is 0 Å². The van der Waals surface area contributed by atoms with E-state index in [1.54, 1.807) is 0 Å². The van der Waals surface area contributed by atoms with Crippen molar-refractivity contribution in [2.45, 2.75) is 26.2 Å². The molecule has 2 heterocycles. The van der Waals surface area contributed by atoms with Gasteiger partial charge in [0, 0.05) is 24.6 Å². The number of anilines is 1. The Hall–Kier alpha value is -2.62. The molecule has 116 valence electrons. The van der Waals surface area contributed by atoms with Crippen LogP contribution in [-0.2, 0) is 4.79 Å². The van der Waals surface area contributed by atoms with Crippen LogP contribution in [0, 0.1) is 13.8 Å². The number of rotatable bonds is 2. The summed E-state index contributed by atoms with van der Waals surface area (Å²) in [7, 11) is 0. The van der Waals surface area contributed by atoms with Gasteiger partial charge in [-0.2, -0.15) is 0 Å². The highest BCUT2D eigenvalue weighted by molar-refractivity contribution is 5.97. The molecule has 1 N–H and O–H groups in total. The van der Waals surface area contributed by atoms with Crippen LogP contribution in [0.25, 0.3) is 11.0 Å². The Morgan fingerprint density at radius 2 is 2.00 bits per heavy atom. The summed E-state index contributed by atoms with van der Waals surface area (Å²) in [6.45, 7) is 4.79. The van der Waals surface area contributed by atoms with Crippen LogP contribution in [0.3, 0.4) is 0 Å². The molecule has 4 heteroatoms. The summed E-state index contributed by atoms with van der Waals surface area (Å²) in [6.07, 6.45) is 0.507. The Labute approximate surface area is 135 Å². The Morgan fingerprint density at radius 1 is 1.17 bits per heavy atom. The molecule has 1 unspecified atom stereocenters. The van der Waals surface area contributed by atoms with Crippen LogP contribution in [0.1, 0.15) is 29.3 Å². The maximum Gasteiger partial charge on any atom is 0.227 e. The maximum atomic E-state index is 12.5. The van der Waals surface area contributed by atoms with E-state index >= 15 is 0 Å². The van der Waals surface area contributed by atoms with Gasteiger partial charge in [0.15, 0.2) is 0 Å². The number of para-hydroxylation sites is 2. The summed E-state index contributed by atoms with van der Waals surface area (Å²) < 4.78 is 0. The number of aromatic amines is 1. The van der Waals surface area contributed by atoms with E-state index in [1.165, 1.54) is 5.56 Å². The number of H-pyrrole nitrogens is 1. The Kier molecular flexibility index (Phi) is 3.18. The first-order chi connectivity index (χ1) is 11.1. The minimum Gasteiger partial charge on any atom is -0.342 e. The second kappa shape index (κ2) is 5.23. The third-order valence-corrected chi connectivity index (χ3v) is 4.57. The Morgan fingerprint density at radius 3 is 2.83 bits per heavy atom. The molecule has 4 rings (SSSR count). The van der Waals surface area contributed by atoms with Crippen molar-refractivity contribution in [1.82, 2.24) is 9.97 Å². The zero-order valence-electron chi connectivity index (χ0n) is 13.3. The number of aromatic nitrogens is 2. The predicted molar refractivity (Wildman–Crippen MR) is 91.7 cm³/mol. The first-order valence-corrected chi connectivity index (χ1v) is 7.94. The lowest BCUT2D eigenvalue weighted by atomic mass is 10.1. The van der Waals surface area contributed by atoms with Crippen LogP contribution < -0.4 is 4.90 Å². The van der Waals surface area contributed by atoms with Gasteiger partial charge >= 0.3 is 0 Å². The number of fused-ring (bicyclic) bond motifs is 1. The molecular formula is C19H19N3O. The quantitative estimate of drug-likeness (QED) is 0.785. The molecule has 1 aromatic heterocycles. The van der Waals surface area contributed by atoms with Crippen molar-refractivity contribution in [2.75, 3.05) is 11.4 Å². The van der Waals surface area contributed by atoms with Crippen molar-refractivity contribution in [2.24, 2.45) is 0 Å². The minimum absolute atomic E-state index is 0.120. The van der Waals surface area contributed by atoms with E-state index in [9.17, 15) is 4.79 Å². The molecule has 0 bridgehead atoms. The van der Waals surface area contributed by atoms with E-state index in [0.717, 1.165) is 28.1 Å². The van der Waals surface area contributed by atoms with Crippen molar-refractivity contribution in [3.63, 3.8) is 0 Å². The first-order valence-electron chi connectivity index (χ1n) is 7.94. The second-order valence-electron chi connectivity index (χ2n) is 6.33. The molecule has 2 aromatic carbocycles. The summed E-state index contributed by atoms with van der Waals surface area (Å²) in [5.41, 5.74) is 5.31. The molecule has 23 heavy (non-hydrogen) atoms. The fourth-order valence-electron chi connectivity index (χ4n) is 3.30. The molecule has 1 amide bonds. The van der Waals surface area contributed by atoms with Crippen LogP contribution in [0.2, 0.25) is 0 Å². The summed E-state index contributed by atoms with van der Waals surface area (Å²) in [5.74, 6) is 1.20. The number of carbonyl (C=O) groups excluding carboxylic acids is 1. The molecule has 1 fully saturated rings. The molecule has 0 saturated carbocycles. The van der Waals surface area contributed by atoms with Gasteiger partial charge in [0.1, 0.15) is 5.82 Å². The minimum atomic E-state index is 0.120. The Bertz CT molecular complexity index is 864. The number of aryl methyl sites for hydroxylation is 2. The number of nitrogens with zero attached hydrogens (tertiary/aromatic N) is 2. The molecule has 1 saturated heterocycles. The van der Waals surface area contributed by atoms with Gasteiger partial charge in [-0.25, -0.2) is 4.98 Å².